The van der Waals surface area contributed by atoms with Crippen LogP contribution in [0.1, 0.15) is 44.8 Å². The second-order valence-corrected chi connectivity index (χ2v) is 5.72. The molecule has 0 amide bonds. The molecule has 1 heterocycles. The molecule has 3 nitrogen and oxygen atoms in total. The number of hydrogen-bond donors (Lipinski definition) is 2. The summed E-state index contributed by atoms with van der Waals surface area (Å²) in [6.07, 6.45) is 1.58. The second kappa shape index (κ2) is 5.47. The van der Waals surface area contributed by atoms with E-state index in [0.29, 0.717) is 24.2 Å². The van der Waals surface area contributed by atoms with Crippen LogP contribution in [-0.4, -0.2) is 28.9 Å². The molecule has 2 N–H and O–H groups in total. The third-order valence-electron chi connectivity index (χ3n) is 3.86. The molecule has 19 heavy (non-hydrogen) atoms. The number of hydrogen-bond acceptors (Lipinski definition) is 3. The number of anilines is 1. The van der Waals surface area contributed by atoms with Crippen molar-refractivity contribution < 1.29 is 14.6 Å². The Morgan fingerprint density at radius 1 is 1.32 bits per heavy atom. The summed E-state index contributed by atoms with van der Waals surface area (Å²) in [5.74, 6) is -0.306. The lowest BCUT2D eigenvalue weighted by molar-refractivity contribution is 0.0481. The summed E-state index contributed by atoms with van der Waals surface area (Å²) < 4.78 is 14.1. The molecule has 106 valence electrons. The first-order valence-electron chi connectivity index (χ1n) is 6.84. The molecule has 1 aromatic carbocycles. The highest BCUT2D eigenvalue weighted by atomic mass is 19.1. The monoisotopic (exact) mass is 267 g/mol. The Bertz CT molecular complexity index is 446. The van der Waals surface area contributed by atoms with Gasteiger partial charge in [0.05, 0.1) is 17.4 Å². The van der Waals surface area contributed by atoms with Gasteiger partial charge in [0.25, 0.3) is 0 Å². The maximum atomic E-state index is 14.1. The number of benzene rings is 1. The largest absolute Gasteiger partial charge is 0.390 e. The van der Waals surface area contributed by atoms with E-state index in [-0.39, 0.29) is 5.82 Å². The maximum Gasteiger partial charge on any atom is 0.146 e. The summed E-state index contributed by atoms with van der Waals surface area (Å²) in [6.45, 7) is 4.86. The highest BCUT2D eigenvalue weighted by Crippen LogP contribution is 2.28. The van der Waals surface area contributed by atoms with E-state index in [9.17, 15) is 14.6 Å². The van der Waals surface area contributed by atoms with Crippen molar-refractivity contribution in [2.45, 2.75) is 44.8 Å². The summed E-state index contributed by atoms with van der Waals surface area (Å²) >= 11 is 0. The van der Waals surface area contributed by atoms with E-state index in [1.807, 2.05) is 11.8 Å². The fourth-order valence-electron chi connectivity index (χ4n) is 2.54. The van der Waals surface area contributed by atoms with Gasteiger partial charge >= 0.3 is 0 Å². The van der Waals surface area contributed by atoms with Crippen molar-refractivity contribution >= 4 is 5.69 Å². The van der Waals surface area contributed by atoms with Gasteiger partial charge in [-0.25, -0.2) is 4.39 Å². The maximum absolute atomic E-state index is 14.1. The molecule has 0 aromatic heterocycles. The molecule has 1 aliphatic heterocycles. The van der Waals surface area contributed by atoms with Crippen LogP contribution in [0.4, 0.5) is 10.1 Å². The van der Waals surface area contributed by atoms with Crippen LogP contribution in [-0.2, 0) is 0 Å². The van der Waals surface area contributed by atoms with E-state index in [1.54, 1.807) is 19.1 Å². The van der Waals surface area contributed by atoms with Crippen LogP contribution < -0.4 is 4.90 Å². The highest BCUT2D eigenvalue weighted by molar-refractivity contribution is 5.49. The Balaban J connectivity index is 2.18. The van der Waals surface area contributed by atoms with E-state index in [4.69, 9.17) is 0 Å². The van der Waals surface area contributed by atoms with E-state index >= 15 is 0 Å². The van der Waals surface area contributed by atoms with E-state index in [0.717, 1.165) is 19.4 Å². The first-order chi connectivity index (χ1) is 8.89. The zero-order chi connectivity index (χ0) is 14.0. The first kappa shape index (κ1) is 14.3. The minimum Gasteiger partial charge on any atom is -0.390 e. The average molecular weight is 267 g/mol. The van der Waals surface area contributed by atoms with E-state index in [1.165, 1.54) is 6.07 Å². The van der Waals surface area contributed by atoms with Crippen LogP contribution in [0, 0.1) is 5.82 Å². The first-order valence-corrected chi connectivity index (χ1v) is 6.84. The lowest BCUT2D eigenvalue weighted by Crippen LogP contribution is -2.28. The molecule has 0 aliphatic carbocycles. The number of halogens is 1. The number of nitrogens with zero attached hydrogens (tertiary/aromatic N) is 1. The predicted octanol–water partition coefficient (Wildman–Crippen LogP) is 2.62. The quantitative estimate of drug-likeness (QED) is 0.865. The van der Waals surface area contributed by atoms with Gasteiger partial charge in [0.2, 0.25) is 0 Å². The minimum absolute atomic E-state index is 0.306. The molecule has 0 bridgehead atoms. The number of aliphatic hydroxyl groups excluding tert-OH is 1. The Kier molecular flexibility index (Phi) is 4.11. The van der Waals surface area contributed by atoms with Gasteiger partial charge in [0.1, 0.15) is 5.82 Å². The van der Waals surface area contributed by atoms with Crippen LogP contribution in [0.2, 0.25) is 0 Å². The zero-order valence-electron chi connectivity index (χ0n) is 11.6. The summed E-state index contributed by atoms with van der Waals surface area (Å²) in [4.78, 5) is 1.97. The van der Waals surface area contributed by atoms with Crippen molar-refractivity contribution in [3.8, 4) is 0 Å². The standard InChI is InChI=1S/C15H22FNO2/c1-11(18)12-4-5-14(13(16)10-12)17-8-3-6-15(2,19)7-9-17/h4-5,10-11,18-19H,3,6-9H2,1-2H3/t11-,15?/m1/s1. The fourth-order valence-corrected chi connectivity index (χ4v) is 2.54. The van der Waals surface area contributed by atoms with E-state index < -0.39 is 11.7 Å². The molecule has 2 atom stereocenters. The molecule has 4 heteroatoms. The molecule has 0 spiro atoms. The van der Waals surface area contributed by atoms with Crippen molar-refractivity contribution in [1.82, 2.24) is 0 Å². The average Bonchev–Trinajstić information content (AvgIpc) is 2.50. The Morgan fingerprint density at radius 2 is 2.05 bits per heavy atom. The van der Waals surface area contributed by atoms with Crippen molar-refractivity contribution in [3.63, 3.8) is 0 Å². The molecule has 1 aromatic rings. The van der Waals surface area contributed by atoms with Crippen LogP contribution in [0.15, 0.2) is 18.2 Å². The summed E-state index contributed by atoms with van der Waals surface area (Å²) in [7, 11) is 0. The molecule has 1 unspecified atom stereocenters. The fraction of sp³-hybridized carbons (Fsp3) is 0.600. The minimum atomic E-state index is -0.659. The van der Waals surface area contributed by atoms with E-state index in [2.05, 4.69) is 0 Å². The predicted molar refractivity (Wildman–Crippen MR) is 73.7 cm³/mol. The Morgan fingerprint density at radius 3 is 2.68 bits per heavy atom. The van der Waals surface area contributed by atoms with Gasteiger partial charge in [-0.1, -0.05) is 6.07 Å². The van der Waals surface area contributed by atoms with Crippen LogP contribution in [0.5, 0.6) is 0 Å². The van der Waals surface area contributed by atoms with Gasteiger partial charge in [0.15, 0.2) is 0 Å². The summed E-state index contributed by atoms with van der Waals surface area (Å²) in [6, 6.07) is 4.87. The smallest absolute Gasteiger partial charge is 0.146 e. The third-order valence-corrected chi connectivity index (χ3v) is 3.86. The SMILES string of the molecule is C[C@@H](O)c1ccc(N2CCCC(C)(O)CC2)c(F)c1. The van der Waals surface area contributed by atoms with Gasteiger partial charge in [0, 0.05) is 13.1 Å². The normalized spacial score (nSPS) is 26.1. The van der Waals surface area contributed by atoms with Gasteiger partial charge in [-0.3, -0.25) is 0 Å². The molecule has 2 rings (SSSR count). The molecular formula is C15H22FNO2. The Hall–Kier alpha value is -1.13. The van der Waals surface area contributed by atoms with Gasteiger partial charge in [-0.15, -0.1) is 0 Å². The van der Waals surface area contributed by atoms with Gasteiger partial charge in [-0.05, 0) is 50.8 Å². The second-order valence-electron chi connectivity index (χ2n) is 5.72. The Labute approximate surface area is 113 Å². The molecule has 1 saturated heterocycles. The summed E-state index contributed by atoms with van der Waals surface area (Å²) in [5.41, 5.74) is 0.496. The van der Waals surface area contributed by atoms with Crippen molar-refractivity contribution in [3.05, 3.63) is 29.6 Å². The topological polar surface area (TPSA) is 43.7 Å². The lowest BCUT2D eigenvalue weighted by atomic mass is 9.98. The molecule has 1 aliphatic rings. The van der Waals surface area contributed by atoms with Gasteiger partial charge in [-0.2, -0.15) is 0 Å². The third kappa shape index (κ3) is 3.45. The van der Waals surface area contributed by atoms with Crippen molar-refractivity contribution in [2.24, 2.45) is 0 Å². The van der Waals surface area contributed by atoms with Crippen LogP contribution >= 0.6 is 0 Å². The number of rotatable bonds is 2. The van der Waals surface area contributed by atoms with Crippen molar-refractivity contribution in [1.29, 1.82) is 0 Å². The van der Waals surface area contributed by atoms with Crippen LogP contribution in [0.25, 0.3) is 0 Å². The number of aliphatic hydroxyl groups is 2. The molecule has 0 radical (unpaired) electrons. The highest BCUT2D eigenvalue weighted by Gasteiger charge is 2.26. The molecule has 1 fully saturated rings. The lowest BCUT2D eigenvalue weighted by Gasteiger charge is -2.25. The summed E-state index contributed by atoms with van der Waals surface area (Å²) in [5, 5.41) is 19.5. The van der Waals surface area contributed by atoms with Crippen LogP contribution in [0.3, 0.4) is 0 Å². The van der Waals surface area contributed by atoms with Crippen molar-refractivity contribution in [2.75, 3.05) is 18.0 Å². The zero-order valence-corrected chi connectivity index (χ0v) is 11.6. The molecule has 0 saturated carbocycles. The molecular weight excluding hydrogens is 245 g/mol. The van der Waals surface area contributed by atoms with Gasteiger partial charge < -0.3 is 15.1 Å².